The maximum Gasteiger partial charge on any atom is 0.332 e. The summed E-state index contributed by atoms with van der Waals surface area (Å²) in [6.45, 7) is 2.46. The third-order valence-corrected chi connectivity index (χ3v) is 4.22. The molecule has 22 heavy (non-hydrogen) atoms. The van der Waals surface area contributed by atoms with Crippen molar-refractivity contribution in [1.82, 2.24) is 29.4 Å². The van der Waals surface area contributed by atoms with Gasteiger partial charge in [0.15, 0.2) is 5.65 Å². The second-order valence-electron chi connectivity index (χ2n) is 5.10. The van der Waals surface area contributed by atoms with Crippen LogP contribution in [0.5, 0.6) is 0 Å². The van der Waals surface area contributed by atoms with Crippen molar-refractivity contribution in [2.75, 3.05) is 0 Å². The number of aromatic amines is 1. The number of hydrogen-bond donors (Lipinski definition) is 2. The molecule has 3 rings (SSSR count). The van der Waals surface area contributed by atoms with E-state index in [0.717, 1.165) is 10.3 Å². The fourth-order valence-corrected chi connectivity index (χ4v) is 2.90. The highest BCUT2D eigenvalue weighted by Crippen LogP contribution is 2.12. The molecule has 0 radical (unpaired) electrons. The van der Waals surface area contributed by atoms with Crippen molar-refractivity contribution in [3.8, 4) is 0 Å². The van der Waals surface area contributed by atoms with Crippen molar-refractivity contribution in [1.29, 1.82) is 0 Å². The van der Waals surface area contributed by atoms with Gasteiger partial charge in [0.1, 0.15) is 11.3 Å². The summed E-state index contributed by atoms with van der Waals surface area (Å²) in [5.74, 6) is 0.607. The van der Waals surface area contributed by atoms with E-state index in [2.05, 4.69) is 20.3 Å². The largest absolute Gasteiger partial charge is 0.335 e. The molecule has 0 aromatic carbocycles. The van der Waals surface area contributed by atoms with E-state index < -0.39 is 0 Å². The van der Waals surface area contributed by atoms with Gasteiger partial charge in [-0.2, -0.15) is 0 Å². The molecule has 0 aliphatic heterocycles. The molecule has 0 aliphatic rings. The predicted octanol–water partition coefficient (Wildman–Crippen LogP) is 0.268. The molecule has 0 amide bonds. The Balaban J connectivity index is 1.90. The summed E-state index contributed by atoms with van der Waals surface area (Å²) in [7, 11) is 3.05. The Morgan fingerprint density at radius 1 is 1.36 bits per heavy atom. The fourth-order valence-electron chi connectivity index (χ4n) is 2.25. The van der Waals surface area contributed by atoms with Crippen LogP contribution < -0.4 is 16.6 Å². The summed E-state index contributed by atoms with van der Waals surface area (Å²) in [4.78, 5) is 35.6. The van der Waals surface area contributed by atoms with Gasteiger partial charge in [0.25, 0.3) is 5.56 Å². The molecule has 0 spiro atoms. The zero-order valence-electron chi connectivity index (χ0n) is 12.5. The number of aryl methyl sites for hydroxylation is 1. The van der Waals surface area contributed by atoms with Gasteiger partial charge in [-0.15, -0.1) is 11.3 Å². The van der Waals surface area contributed by atoms with Gasteiger partial charge in [-0.05, 0) is 6.92 Å². The molecule has 1 unspecified atom stereocenters. The Bertz CT molecular complexity index is 921. The lowest BCUT2D eigenvalue weighted by molar-refractivity contribution is 0.553. The lowest BCUT2D eigenvalue weighted by Crippen LogP contribution is -2.36. The third kappa shape index (κ3) is 2.38. The molecule has 8 nitrogen and oxygen atoms in total. The zero-order chi connectivity index (χ0) is 15.9. The zero-order valence-corrected chi connectivity index (χ0v) is 13.3. The van der Waals surface area contributed by atoms with Crippen LogP contribution in [0, 0.1) is 0 Å². The molecule has 3 aromatic heterocycles. The van der Waals surface area contributed by atoms with E-state index in [1.54, 1.807) is 23.9 Å². The molecule has 3 heterocycles. The summed E-state index contributed by atoms with van der Waals surface area (Å²) in [5, 5.41) is 5.27. The standard InChI is InChI=1S/C13H16N6O2S/c1-7(8-5-22-6-15-8)14-4-9-16-10-11(17-9)18(2)13(21)19(3)12(10)20/h5-7,14H,4H2,1-3H3,(H,16,17). The van der Waals surface area contributed by atoms with Gasteiger partial charge in [0.2, 0.25) is 0 Å². The lowest BCUT2D eigenvalue weighted by atomic mass is 10.2. The minimum Gasteiger partial charge on any atom is -0.335 e. The first kappa shape index (κ1) is 14.7. The van der Waals surface area contributed by atoms with E-state index in [4.69, 9.17) is 0 Å². The van der Waals surface area contributed by atoms with Crippen LogP contribution in [-0.4, -0.2) is 24.1 Å². The maximum absolute atomic E-state index is 12.1. The number of aromatic nitrogens is 5. The molecular weight excluding hydrogens is 304 g/mol. The Morgan fingerprint density at radius 2 is 2.14 bits per heavy atom. The van der Waals surface area contributed by atoms with Gasteiger partial charge in [-0.1, -0.05) is 0 Å². The average Bonchev–Trinajstić information content (AvgIpc) is 3.17. The van der Waals surface area contributed by atoms with Gasteiger partial charge in [-0.3, -0.25) is 13.9 Å². The van der Waals surface area contributed by atoms with E-state index in [1.165, 1.54) is 11.6 Å². The van der Waals surface area contributed by atoms with Crippen molar-refractivity contribution in [3.63, 3.8) is 0 Å². The van der Waals surface area contributed by atoms with Crippen LogP contribution in [0.3, 0.4) is 0 Å². The number of hydrogen-bond acceptors (Lipinski definition) is 6. The van der Waals surface area contributed by atoms with Crippen molar-refractivity contribution in [2.24, 2.45) is 14.1 Å². The predicted molar refractivity (Wildman–Crippen MR) is 83.9 cm³/mol. The SMILES string of the molecule is CC(NCc1nc2c([nH]1)c(=O)n(C)c(=O)n2C)c1cscn1. The highest BCUT2D eigenvalue weighted by Gasteiger charge is 2.14. The normalized spacial score (nSPS) is 12.9. The Labute approximate surface area is 129 Å². The fraction of sp³-hybridized carbons (Fsp3) is 0.385. The third-order valence-electron chi connectivity index (χ3n) is 3.61. The van der Waals surface area contributed by atoms with E-state index in [1.807, 2.05) is 12.3 Å². The van der Waals surface area contributed by atoms with Gasteiger partial charge in [0.05, 0.1) is 17.7 Å². The van der Waals surface area contributed by atoms with Crippen molar-refractivity contribution in [3.05, 3.63) is 43.2 Å². The van der Waals surface area contributed by atoms with Crippen LogP contribution in [0.4, 0.5) is 0 Å². The van der Waals surface area contributed by atoms with Gasteiger partial charge in [0, 0.05) is 25.5 Å². The van der Waals surface area contributed by atoms with Gasteiger partial charge in [-0.25, -0.2) is 14.8 Å². The maximum atomic E-state index is 12.1. The van der Waals surface area contributed by atoms with E-state index in [-0.39, 0.29) is 17.3 Å². The van der Waals surface area contributed by atoms with Gasteiger partial charge >= 0.3 is 5.69 Å². The molecule has 0 fully saturated rings. The number of imidazole rings is 1. The monoisotopic (exact) mass is 320 g/mol. The van der Waals surface area contributed by atoms with Crippen LogP contribution in [0.1, 0.15) is 24.5 Å². The van der Waals surface area contributed by atoms with E-state index in [9.17, 15) is 9.59 Å². The molecule has 2 N–H and O–H groups in total. The number of nitrogens with one attached hydrogen (secondary N) is 2. The highest BCUT2D eigenvalue weighted by molar-refractivity contribution is 7.07. The Kier molecular flexibility index (Phi) is 3.67. The first-order valence-corrected chi connectivity index (χ1v) is 7.69. The molecular formula is C13H16N6O2S. The van der Waals surface area contributed by atoms with Crippen LogP contribution in [0.15, 0.2) is 20.5 Å². The number of H-pyrrole nitrogens is 1. The molecule has 0 saturated carbocycles. The number of rotatable bonds is 4. The molecule has 1 atom stereocenters. The van der Waals surface area contributed by atoms with Crippen molar-refractivity contribution >= 4 is 22.5 Å². The first-order valence-electron chi connectivity index (χ1n) is 6.75. The summed E-state index contributed by atoms with van der Waals surface area (Å²) >= 11 is 1.54. The Morgan fingerprint density at radius 3 is 2.82 bits per heavy atom. The average molecular weight is 320 g/mol. The number of thiazole rings is 1. The molecule has 0 saturated heterocycles. The van der Waals surface area contributed by atoms with Crippen LogP contribution in [0.25, 0.3) is 11.2 Å². The Hall–Kier alpha value is -2.26. The minimum atomic E-state index is -0.389. The van der Waals surface area contributed by atoms with Crippen LogP contribution in [-0.2, 0) is 20.6 Å². The summed E-state index contributed by atoms with van der Waals surface area (Å²) < 4.78 is 2.43. The molecule has 9 heteroatoms. The molecule has 116 valence electrons. The summed E-state index contributed by atoms with van der Waals surface area (Å²) in [6, 6.07) is 0.0751. The second-order valence-corrected chi connectivity index (χ2v) is 5.82. The van der Waals surface area contributed by atoms with Crippen molar-refractivity contribution in [2.45, 2.75) is 19.5 Å². The smallest absolute Gasteiger partial charge is 0.332 e. The second kappa shape index (κ2) is 5.50. The molecule has 0 aliphatic carbocycles. The first-order chi connectivity index (χ1) is 10.5. The van der Waals surface area contributed by atoms with Crippen LogP contribution >= 0.6 is 11.3 Å². The molecule has 3 aromatic rings. The molecule has 0 bridgehead atoms. The quantitative estimate of drug-likeness (QED) is 0.719. The van der Waals surface area contributed by atoms with Gasteiger partial charge < -0.3 is 10.3 Å². The topological polar surface area (TPSA) is 97.6 Å². The lowest BCUT2D eigenvalue weighted by Gasteiger charge is -2.09. The van der Waals surface area contributed by atoms with E-state index >= 15 is 0 Å². The minimum absolute atomic E-state index is 0.0751. The highest BCUT2D eigenvalue weighted by atomic mass is 32.1. The van der Waals surface area contributed by atoms with E-state index in [0.29, 0.717) is 23.5 Å². The number of nitrogens with zero attached hydrogens (tertiary/aromatic N) is 4. The van der Waals surface area contributed by atoms with Crippen LogP contribution in [0.2, 0.25) is 0 Å². The number of fused-ring (bicyclic) bond motifs is 1. The summed E-state index contributed by atoms with van der Waals surface area (Å²) in [6.07, 6.45) is 0. The summed E-state index contributed by atoms with van der Waals surface area (Å²) in [5.41, 5.74) is 2.69. The van der Waals surface area contributed by atoms with Crippen molar-refractivity contribution < 1.29 is 0 Å².